The number of primary amides is 4. The van der Waals surface area contributed by atoms with Crippen molar-refractivity contribution in [1.82, 2.24) is 78.9 Å². The second-order valence-electron chi connectivity index (χ2n) is 26.5. The number of phosphoric acid groups is 1. The minimum atomic E-state index is -5.51. The van der Waals surface area contributed by atoms with Gasteiger partial charge in [0.1, 0.15) is 66.5 Å². The van der Waals surface area contributed by atoms with Crippen LogP contribution in [-0.4, -0.2) is 296 Å². The van der Waals surface area contributed by atoms with E-state index in [0.717, 1.165) is 28.9 Å². The number of nitrogens with two attached hydrogens (primary N) is 6. The topological polar surface area (TPSA) is 754 Å². The molecule has 4 aliphatic rings. The van der Waals surface area contributed by atoms with Gasteiger partial charge in [0.25, 0.3) is 0 Å². The van der Waals surface area contributed by atoms with Crippen molar-refractivity contribution in [3.8, 4) is 0 Å². The minimum absolute atomic E-state index is 0.00644. The Kier molecular flexibility index (Phi) is 39.1. The number of amides is 19. The van der Waals surface area contributed by atoms with Crippen LogP contribution in [0.1, 0.15) is 122 Å². The number of phosphoric ester groups is 1. The number of likely N-dealkylation sites (tertiary alicyclic amines) is 2. The van der Waals surface area contributed by atoms with Crippen LogP contribution in [0.25, 0.3) is 0 Å². The number of nitrogens with zero attached hydrogens (tertiary/aromatic N) is 2. The SMILES string of the molecule is C[C@@H](O)[C@H](NC(=O)[C@H](CC(N)=O)NC(=O)[C@H](CC(N)=O)NC(=O)CNC(=O)CNC(=O)CCCC[C@@H]1SC[C@@H]2NC(=O)N[C@@H]21)C(=O)N[C@@H](CO)C(=O)N[C@@H](CO)C(=O)N[C@@H](COP(=O)(O)O)C(=O)N1CCC[C@H]1C(=O)N[C@@H](CCC(N)=O)C(=O)N1CCC[C@H]1C(=O)N[C@@H](CCCCN)C(=O)N[C@@H](CCCCN)C(N)=O. The zero-order valence-electron chi connectivity index (χ0n) is 60.6. The molecule has 0 spiro atoms. The monoisotopic (exact) mass is 1610 g/mol. The fraction of sp³-hybridized carbons (Fsp3) is 0.710. The van der Waals surface area contributed by atoms with Crippen LogP contribution in [-0.2, 0) is 90.6 Å². The lowest BCUT2D eigenvalue weighted by Gasteiger charge is -2.32. The molecule has 4 rings (SSSR count). The second kappa shape index (κ2) is 46.2. The molecule has 4 heterocycles. The zero-order valence-corrected chi connectivity index (χ0v) is 62.3. The van der Waals surface area contributed by atoms with E-state index in [1.165, 1.54) is 0 Å². The molecule has 19 amide bonds. The summed E-state index contributed by atoms with van der Waals surface area (Å²) in [5.74, 6) is -17.9. The first-order chi connectivity index (χ1) is 51.9. The molecule has 46 nitrogen and oxygen atoms in total. The van der Waals surface area contributed by atoms with Gasteiger partial charge in [0.15, 0.2) is 0 Å². The summed E-state index contributed by atoms with van der Waals surface area (Å²) in [4.78, 5) is 259. The molecule has 4 aliphatic heterocycles. The van der Waals surface area contributed by atoms with Crippen LogP contribution in [0.5, 0.6) is 0 Å². The van der Waals surface area contributed by atoms with E-state index < -0.39 is 239 Å². The van der Waals surface area contributed by atoms with E-state index in [-0.39, 0.29) is 87.9 Å². The summed E-state index contributed by atoms with van der Waals surface area (Å²) in [6.45, 7) is -4.32. The lowest BCUT2D eigenvalue weighted by molar-refractivity contribution is -0.145. The van der Waals surface area contributed by atoms with Crippen molar-refractivity contribution < 1.29 is 120 Å². The van der Waals surface area contributed by atoms with Gasteiger partial charge in [-0.2, -0.15) is 11.8 Å². The Morgan fingerprint density at radius 2 is 1.01 bits per heavy atom. The first-order valence-corrected chi connectivity index (χ1v) is 38.2. The van der Waals surface area contributed by atoms with Gasteiger partial charge in [0.05, 0.1) is 63.9 Å². The summed E-state index contributed by atoms with van der Waals surface area (Å²) in [5.41, 5.74) is 32.9. The van der Waals surface area contributed by atoms with E-state index in [1.807, 2.05) is 16.0 Å². The smallest absolute Gasteiger partial charge is 0.394 e. The Morgan fingerprint density at radius 3 is 1.54 bits per heavy atom. The van der Waals surface area contributed by atoms with Gasteiger partial charge in [-0.25, -0.2) is 9.36 Å². The van der Waals surface area contributed by atoms with E-state index in [9.17, 15) is 116 Å². The summed E-state index contributed by atoms with van der Waals surface area (Å²) in [6.07, 6.45) is -0.753. The third kappa shape index (κ3) is 31.1. The Hall–Kier alpha value is -9.48. The first-order valence-electron chi connectivity index (χ1n) is 35.6. The highest BCUT2D eigenvalue weighted by atomic mass is 32.2. The number of carbonyl (C=O) groups is 18. The predicted octanol–water partition coefficient (Wildman–Crippen LogP) is -12.5. The van der Waals surface area contributed by atoms with Crippen LogP contribution >= 0.6 is 19.6 Å². The Bertz CT molecular complexity index is 3360. The second-order valence-corrected chi connectivity index (χ2v) is 29.1. The van der Waals surface area contributed by atoms with Gasteiger partial charge in [0.2, 0.25) is 100 Å². The third-order valence-corrected chi connectivity index (χ3v) is 19.9. The van der Waals surface area contributed by atoms with Crippen molar-refractivity contribution in [3.05, 3.63) is 0 Å². The van der Waals surface area contributed by atoms with Crippen molar-refractivity contribution in [2.75, 3.05) is 64.8 Å². The molecule has 4 fully saturated rings. The number of aliphatic hydroxyl groups excluding tert-OH is 3. The molecule has 48 heteroatoms. The number of rotatable bonds is 50. The largest absolute Gasteiger partial charge is 0.469 e. The number of fused-ring (bicyclic) bond motifs is 1. The number of thioether (sulfide) groups is 1. The zero-order chi connectivity index (χ0) is 82.1. The van der Waals surface area contributed by atoms with Crippen LogP contribution in [0, 0.1) is 0 Å². The molecule has 0 radical (unpaired) electrons. The maximum Gasteiger partial charge on any atom is 0.469 e. The van der Waals surface area contributed by atoms with Gasteiger partial charge in [-0.05, 0) is 103 Å². The average Bonchev–Trinajstić information content (AvgIpc) is 1.73. The van der Waals surface area contributed by atoms with E-state index in [0.29, 0.717) is 45.1 Å². The summed E-state index contributed by atoms with van der Waals surface area (Å²) < 4.78 is 16.6. The number of urea groups is 1. The molecule has 0 saturated carbocycles. The van der Waals surface area contributed by atoms with Gasteiger partial charge in [-0.3, -0.25) is 86.0 Å². The predicted molar refractivity (Wildman–Crippen MR) is 382 cm³/mol. The van der Waals surface area contributed by atoms with Gasteiger partial charge in [-0.1, -0.05) is 6.42 Å². The van der Waals surface area contributed by atoms with Gasteiger partial charge in [-0.15, -0.1) is 0 Å². The molecule has 0 aromatic rings. The summed E-state index contributed by atoms with van der Waals surface area (Å²) in [7, 11) is -5.51. The number of hydrogen-bond donors (Lipinski definition) is 24. The summed E-state index contributed by atoms with van der Waals surface area (Å²) in [6, 6.07) is -19.6. The van der Waals surface area contributed by atoms with Crippen molar-refractivity contribution in [2.45, 2.75) is 212 Å². The summed E-state index contributed by atoms with van der Waals surface area (Å²) >= 11 is 1.71. The van der Waals surface area contributed by atoms with E-state index >= 15 is 0 Å². The average molecular weight is 1610 g/mol. The molecular weight excluding hydrogens is 1500 g/mol. The molecule has 0 aliphatic carbocycles. The Labute approximate surface area is 634 Å². The molecule has 0 aromatic carbocycles. The fourth-order valence-corrected chi connectivity index (χ4v) is 14.1. The lowest BCUT2D eigenvalue weighted by Crippen LogP contribution is -2.63. The molecule has 15 atom stereocenters. The number of hydrogen-bond acceptors (Lipinski definition) is 26. The standard InChI is InChI=1S/C62H104N21O25PS/c1-30(86)49(80-54(96)35(23-45(67)89)75-53(95)34(22-44(66)88)71-48(92)25-70-47(91)24-69-46(90)15-3-2-14-42-50-39(29-110-42)79-62(104)81-50)59(101)77-37(27-85)55(97)76-36(26-84)56(98)78-38(28-108-109(105,106)107)61(103)83-21-9-13-41(83)58(100)74-33(16-17-43(65)87)60(102)82-20-8-12-40(82)57(99)73-32(11-5-7-19-64)52(94)72-31(51(68)93)10-4-6-18-63/h30-42,49-50,84-86H,2-29,63-64H2,1H3,(H2,65,87)(H2,66,88)(H2,67,89)(H2,68,93)(H,69,90)(H,70,91)(H,71,92)(H,72,94)(H,73,99)(H,74,100)(H,75,95)(H,76,97)(H,77,101)(H,78,98)(H,80,96)(H2,79,81,104)(H2,105,106,107)/t30-,31+,32+,33+,34+,35+,36+,37+,38+,39+,40+,41+,42+,49+,50+/m1/s1. The highest BCUT2D eigenvalue weighted by Crippen LogP contribution is 2.36. The molecular formula is C62H104N21O25PS. The van der Waals surface area contributed by atoms with Gasteiger partial charge >= 0.3 is 13.9 Å². The van der Waals surface area contributed by atoms with Gasteiger partial charge < -0.3 is 138 Å². The number of unbranched alkanes of at least 4 members (excludes halogenated alkanes) is 3. The molecule has 30 N–H and O–H groups in total. The lowest BCUT2D eigenvalue weighted by atomic mass is 10.0. The first kappa shape index (κ1) is 92.9. The van der Waals surface area contributed by atoms with Crippen molar-refractivity contribution in [2.24, 2.45) is 34.4 Å². The molecule has 0 aromatic heterocycles. The van der Waals surface area contributed by atoms with E-state index in [2.05, 4.69) is 57.7 Å². The highest BCUT2D eigenvalue weighted by molar-refractivity contribution is 8.00. The van der Waals surface area contributed by atoms with Crippen molar-refractivity contribution in [1.29, 1.82) is 0 Å². The maximum absolute atomic E-state index is 14.5. The summed E-state index contributed by atoms with van der Waals surface area (Å²) in [5, 5.41) is 61.7. The Balaban J connectivity index is 1.40. The van der Waals surface area contributed by atoms with Gasteiger partial charge in [0, 0.05) is 36.9 Å². The molecule has 4 saturated heterocycles. The molecule has 0 bridgehead atoms. The normalized spacial score (nSPS) is 19.9. The third-order valence-electron chi connectivity index (χ3n) is 17.9. The van der Waals surface area contributed by atoms with Crippen LogP contribution in [0.4, 0.5) is 4.79 Å². The number of nitrogens with one attached hydrogen (secondary N) is 13. The molecule has 0 unspecified atom stereocenters. The minimum Gasteiger partial charge on any atom is -0.394 e. The number of aliphatic hydroxyl groups is 3. The number of carbonyl (C=O) groups excluding carboxylic acids is 18. The highest BCUT2D eigenvalue weighted by Gasteiger charge is 2.46. The van der Waals surface area contributed by atoms with Crippen molar-refractivity contribution in [3.63, 3.8) is 0 Å². The molecule has 618 valence electrons. The van der Waals surface area contributed by atoms with E-state index in [4.69, 9.17) is 34.4 Å². The van der Waals surface area contributed by atoms with Crippen LogP contribution in [0.15, 0.2) is 0 Å². The van der Waals surface area contributed by atoms with E-state index in [1.54, 1.807) is 11.8 Å². The van der Waals surface area contributed by atoms with Crippen LogP contribution < -0.4 is 104 Å². The maximum atomic E-state index is 14.5. The molecule has 110 heavy (non-hydrogen) atoms. The van der Waals surface area contributed by atoms with Crippen molar-refractivity contribution >= 4 is 126 Å². The fourth-order valence-electron chi connectivity index (χ4n) is 12.2. The Morgan fingerprint density at radius 1 is 0.536 bits per heavy atom. The quantitative estimate of drug-likeness (QED) is 0.0153. The van der Waals surface area contributed by atoms with Crippen LogP contribution in [0.2, 0.25) is 0 Å². The van der Waals surface area contributed by atoms with Crippen LogP contribution in [0.3, 0.4) is 0 Å².